The van der Waals surface area contributed by atoms with Crippen LogP contribution in [0.5, 0.6) is 0 Å². The number of carboxylic acids is 10. The Bertz CT molecular complexity index is 2440. The Morgan fingerprint density at radius 3 is 1.11 bits per heavy atom. The number of hydrogen-bond acceptors (Lipinski definition) is 34. The van der Waals surface area contributed by atoms with Gasteiger partial charge < -0.3 is 127 Å². The summed E-state index contributed by atoms with van der Waals surface area (Å²) in [5.74, 6) is -16.8. The van der Waals surface area contributed by atoms with Gasteiger partial charge in [0.1, 0.15) is 0 Å². The quantitative estimate of drug-likeness (QED) is 0.0432. The summed E-state index contributed by atoms with van der Waals surface area (Å²) in [7, 11) is -9.99. The predicted octanol–water partition coefficient (Wildman–Crippen LogP) is -12.6. The Morgan fingerprint density at radius 2 is 0.756 bits per heavy atom. The van der Waals surface area contributed by atoms with Crippen LogP contribution in [-0.4, -0.2) is 232 Å². The van der Waals surface area contributed by atoms with Gasteiger partial charge in [0.2, 0.25) is 0 Å². The molecule has 514 valence electrons. The van der Waals surface area contributed by atoms with Crippen LogP contribution in [0.15, 0.2) is 30.3 Å². The van der Waals surface area contributed by atoms with Crippen molar-refractivity contribution in [2.75, 3.05) is 125 Å². The highest BCUT2D eigenvalue weighted by atomic mass is 31.2. The normalized spacial score (nSPS) is 15.4. The van der Waals surface area contributed by atoms with Crippen molar-refractivity contribution in [3.63, 3.8) is 0 Å². The lowest BCUT2D eigenvalue weighted by Gasteiger charge is -2.39. The summed E-state index contributed by atoms with van der Waals surface area (Å²) in [6.45, 7) is -9.77. The van der Waals surface area contributed by atoms with Gasteiger partial charge in [-0.15, -0.1) is 0 Å². The van der Waals surface area contributed by atoms with Gasteiger partial charge in [-0.1, -0.05) is 82.7 Å². The Kier molecular flexibility index (Phi) is 39.7. The molecule has 2 rings (SSSR count). The minimum atomic E-state index is -5.00. The molecule has 1 saturated carbocycles. The SMILES string of the molecule is CC1(C)CCC(OP(=O)([O-])OCC(CN(CCN(CC(=O)[O-])CC(=O)[O-])CC(=O)[O-])N(CC(=O)[O-])CC(=O)[O-])CC1.O=C([O-])CN(CCN(CC(=O)[O-])CC(COP(=O)([O-])OCCCCCCCCCCc1ccccc1)N(CC(=O)[O-])CC(=O)[O-])CC(=O)[O-]. The maximum atomic E-state index is 12.6. The van der Waals surface area contributed by atoms with Gasteiger partial charge in [0.05, 0.1) is 85.6 Å². The van der Waals surface area contributed by atoms with Crippen molar-refractivity contribution >= 4 is 75.3 Å². The van der Waals surface area contributed by atoms with E-state index in [2.05, 4.69) is 12.1 Å². The van der Waals surface area contributed by atoms with Gasteiger partial charge in [0.15, 0.2) is 0 Å². The highest BCUT2D eigenvalue weighted by Crippen LogP contribution is 2.46. The number of aryl methyl sites for hydroxylation is 1. The lowest BCUT2D eigenvalue weighted by molar-refractivity contribution is -0.314. The molecule has 36 heteroatoms. The van der Waals surface area contributed by atoms with Crippen LogP contribution in [0.2, 0.25) is 0 Å². The van der Waals surface area contributed by atoms with Gasteiger partial charge >= 0.3 is 0 Å². The topological polar surface area (TPSA) is 538 Å². The highest BCUT2D eigenvalue weighted by Gasteiger charge is 2.32. The van der Waals surface area contributed by atoms with Crippen molar-refractivity contribution in [1.29, 1.82) is 0 Å². The minimum Gasteiger partial charge on any atom is -0.756 e. The molecule has 1 fully saturated rings. The zero-order valence-corrected chi connectivity index (χ0v) is 52.0. The van der Waals surface area contributed by atoms with Crippen LogP contribution in [0, 0.1) is 5.41 Å². The van der Waals surface area contributed by atoms with Crippen molar-refractivity contribution in [3.8, 4) is 0 Å². The van der Waals surface area contributed by atoms with Crippen LogP contribution in [0.1, 0.15) is 96.5 Å². The summed E-state index contributed by atoms with van der Waals surface area (Å²) in [5, 5.41) is 112. The lowest BCUT2D eigenvalue weighted by Crippen LogP contribution is -2.55. The van der Waals surface area contributed by atoms with Crippen molar-refractivity contribution in [2.45, 2.75) is 116 Å². The van der Waals surface area contributed by atoms with Gasteiger partial charge in [0, 0.05) is 117 Å². The third kappa shape index (κ3) is 42.8. The number of aliphatic carboxylic acids is 10. The van der Waals surface area contributed by atoms with E-state index in [1.165, 1.54) is 5.56 Å². The second-order valence-corrected chi connectivity index (χ2v) is 24.9. The Labute approximate surface area is 520 Å². The fraction of sp³-hybridized carbons (Fsp3) is 0.704. The second-order valence-electron chi connectivity index (χ2n) is 22.1. The smallest absolute Gasteiger partial charge is 0.268 e. The van der Waals surface area contributed by atoms with E-state index in [0.29, 0.717) is 43.4 Å². The van der Waals surface area contributed by atoms with Crippen LogP contribution in [0.3, 0.4) is 0 Å². The third-order valence-corrected chi connectivity index (χ3v) is 15.7. The van der Waals surface area contributed by atoms with E-state index in [1.807, 2.05) is 32.0 Å². The van der Waals surface area contributed by atoms with E-state index in [4.69, 9.17) is 18.1 Å². The van der Waals surface area contributed by atoms with Crippen LogP contribution in [-0.2, 0) is 81.6 Å². The summed E-state index contributed by atoms with van der Waals surface area (Å²) in [6, 6.07) is 7.40. The van der Waals surface area contributed by atoms with E-state index in [1.54, 1.807) is 0 Å². The Hall–Kier alpha value is -6.10. The average molecular weight is 1320 g/mol. The summed E-state index contributed by atoms with van der Waals surface area (Å²) < 4.78 is 45.0. The van der Waals surface area contributed by atoms with E-state index < -0.39 is 185 Å². The standard InChI is InChI=1S/C31H50N3O14P.C23H40N3O14P/c35-27(36)19-32(15-16-33(20-28(37)38)21-29(39)40)18-26(34(22-30(41)42)23-31(43)44)24-48-49(45,46)47-17-11-6-4-2-1-3-5-8-12-25-13-9-7-10-14-25;1-23(2)5-3-17(4-6-23)40-41(37,38)39-15-16(26(13-21(33)34)14-22(35)36)9-24(10-18(27)28)7-8-25(11-19(29)30)12-20(31)32/h7,9-10,13-14,26H,1-6,8,11-12,15-24H2,(H,35,36)(H,37,38)(H,39,40)(H,41,42)(H,43,44)(H,45,46);16-17H,3-15H2,1-2H3,(H,27,28)(H,29,30)(H,31,32)(H,33,34)(H,35,36)(H,37,38)/p-12. The molecule has 34 nitrogen and oxygen atoms in total. The number of rotatable bonds is 52. The molecule has 1 aromatic rings. The summed E-state index contributed by atoms with van der Waals surface area (Å²) in [5.41, 5.74) is 1.32. The zero-order chi connectivity index (χ0) is 68.0. The molecule has 4 atom stereocenters. The van der Waals surface area contributed by atoms with E-state index in [9.17, 15) is 118 Å². The molecule has 90 heavy (non-hydrogen) atoms. The summed E-state index contributed by atoms with van der Waals surface area (Å²) >= 11 is 0. The van der Waals surface area contributed by atoms with Gasteiger partial charge in [-0.05, 0) is 55.9 Å². The molecular formula is C54H78N6O28P2-12. The maximum absolute atomic E-state index is 12.6. The molecule has 0 saturated heterocycles. The van der Waals surface area contributed by atoms with E-state index >= 15 is 0 Å². The Morgan fingerprint density at radius 1 is 0.444 bits per heavy atom. The molecule has 0 amide bonds. The second kappa shape index (κ2) is 43.6. The number of carboxylic acid groups (broad SMARTS) is 10. The number of phosphoric acid groups is 2. The fourth-order valence-corrected chi connectivity index (χ4v) is 11.2. The number of carbonyl (C=O) groups is 10. The molecule has 0 aromatic heterocycles. The molecule has 4 unspecified atom stereocenters. The molecule has 0 N–H and O–H groups in total. The van der Waals surface area contributed by atoms with Gasteiger partial charge in [-0.3, -0.25) is 38.5 Å². The third-order valence-electron chi connectivity index (χ3n) is 13.7. The number of carbonyl (C=O) groups excluding carboxylic acids is 10. The largest absolute Gasteiger partial charge is 0.756 e. The van der Waals surface area contributed by atoms with Crippen molar-refractivity contribution < 1.29 is 136 Å². The fourth-order valence-electron chi connectivity index (χ4n) is 9.39. The molecular weight excluding hydrogens is 1240 g/mol. The number of nitrogens with zero attached hydrogens (tertiary/aromatic N) is 6. The molecule has 1 aromatic carbocycles. The first-order chi connectivity index (χ1) is 42.0. The van der Waals surface area contributed by atoms with Gasteiger partial charge in [0.25, 0.3) is 15.6 Å². The number of hydrogen-bond donors (Lipinski definition) is 0. The number of unbranched alkanes of at least 4 members (excludes halogenated alkanes) is 7. The molecule has 1 aliphatic carbocycles. The maximum Gasteiger partial charge on any atom is 0.268 e. The number of phosphoric ester groups is 2. The molecule has 0 spiro atoms. The summed E-state index contributed by atoms with van der Waals surface area (Å²) in [6.07, 6.45) is 9.94. The first-order valence-electron chi connectivity index (χ1n) is 28.7. The van der Waals surface area contributed by atoms with Crippen LogP contribution < -0.4 is 60.9 Å². The molecule has 1 aliphatic rings. The number of benzene rings is 1. The van der Waals surface area contributed by atoms with Crippen LogP contribution >= 0.6 is 15.6 Å². The van der Waals surface area contributed by atoms with E-state index in [-0.39, 0.29) is 38.2 Å². The van der Waals surface area contributed by atoms with Crippen molar-refractivity contribution in [2.24, 2.45) is 5.41 Å². The monoisotopic (exact) mass is 1320 g/mol. The molecule has 0 heterocycles. The average Bonchev–Trinajstić information content (AvgIpc) is 1.44. The van der Waals surface area contributed by atoms with Crippen LogP contribution in [0.25, 0.3) is 0 Å². The first-order valence-corrected chi connectivity index (χ1v) is 31.6. The van der Waals surface area contributed by atoms with Crippen LogP contribution in [0.4, 0.5) is 0 Å². The Balaban J connectivity index is 0.000000914. The lowest BCUT2D eigenvalue weighted by atomic mass is 9.76. The predicted molar refractivity (Wildman–Crippen MR) is 284 cm³/mol. The van der Waals surface area contributed by atoms with Gasteiger partial charge in [-0.2, -0.15) is 0 Å². The molecule has 0 bridgehead atoms. The summed E-state index contributed by atoms with van der Waals surface area (Å²) in [4.78, 5) is 142. The van der Waals surface area contributed by atoms with Crippen molar-refractivity contribution in [3.05, 3.63) is 35.9 Å². The van der Waals surface area contributed by atoms with Crippen molar-refractivity contribution in [1.82, 2.24) is 29.4 Å². The van der Waals surface area contributed by atoms with E-state index in [0.717, 1.165) is 69.4 Å². The highest BCUT2D eigenvalue weighted by molar-refractivity contribution is 7.46. The first kappa shape index (κ1) is 81.9. The van der Waals surface area contributed by atoms with Gasteiger partial charge in [-0.25, -0.2) is 0 Å². The molecule has 0 radical (unpaired) electrons. The minimum absolute atomic E-state index is 0.00884. The molecule has 0 aliphatic heterocycles. The zero-order valence-electron chi connectivity index (χ0n) is 50.3.